The molecule has 2 aliphatic rings. The number of piperazine rings is 1. The molecule has 1 aromatic rings. The molecule has 0 amide bonds. The minimum atomic E-state index is 0.454. The maximum absolute atomic E-state index is 5.88. The maximum Gasteiger partial charge on any atom is 0.124 e. The van der Waals surface area contributed by atoms with E-state index in [-0.39, 0.29) is 0 Å². The highest BCUT2D eigenvalue weighted by molar-refractivity contribution is 5.44. The molecule has 0 saturated carbocycles. The summed E-state index contributed by atoms with van der Waals surface area (Å²) in [5, 5.41) is 3.56. The molecule has 0 aliphatic carbocycles. The molecular formula is C16H25N3O. The summed E-state index contributed by atoms with van der Waals surface area (Å²) < 4.78 is 5.88. The fourth-order valence-electron chi connectivity index (χ4n) is 3.29. The average Bonchev–Trinajstić information content (AvgIpc) is 2.48. The third-order valence-electron chi connectivity index (χ3n) is 4.42. The molecule has 0 radical (unpaired) electrons. The lowest BCUT2D eigenvalue weighted by atomic mass is 9.94. The third-order valence-corrected chi connectivity index (χ3v) is 4.42. The molecule has 0 bridgehead atoms. The van der Waals surface area contributed by atoms with Gasteiger partial charge in [0.15, 0.2) is 0 Å². The number of fused-ring (bicyclic) bond motifs is 1. The molecule has 2 aliphatic heterocycles. The predicted octanol–water partition coefficient (Wildman–Crippen LogP) is 1.48. The van der Waals surface area contributed by atoms with E-state index in [2.05, 4.69) is 47.3 Å². The smallest absolute Gasteiger partial charge is 0.124 e. The quantitative estimate of drug-likeness (QED) is 0.904. The van der Waals surface area contributed by atoms with Crippen LogP contribution in [0.5, 0.6) is 5.75 Å². The molecule has 1 aromatic carbocycles. The first-order valence-electron chi connectivity index (χ1n) is 7.67. The Bertz CT molecular complexity index is 455. The highest BCUT2D eigenvalue weighted by atomic mass is 16.5. The van der Waals surface area contributed by atoms with E-state index in [0.29, 0.717) is 6.04 Å². The van der Waals surface area contributed by atoms with E-state index in [1.165, 1.54) is 11.1 Å². The summed E-state index contributed by atoms with van der Waals surface area (Å²) in [7, 11) is 2.20. The zero-order valence-corrected chi connectivity index (χ0v) is 12.6. The van der Waals surface area contributed by atoms with E-state index < -0.39 is 0 Å². The molecule has 4 heteroatoms. The Labute approximate surface area is 121 Å². The van der Waals surface area contributed by atoms with Crippen molar-refractivity contribution in [1.29, 1.82) is 0 Å². The normalized spacial score (nSPS) is 24.4. The zero-order valence-electron chi connectivity index (χ0n) is 12.6. The van der Waals surface area contributed by atoms with E-state index in [4.69, 9.17) is 4.74 Å². The SMILES string of the molecule is CCOc1cccc2c1[C@H](N1CCN(C)CC1)CNC2. The van der Waals surface area contributed by atoms with Crippen LogP contribution in [0.25, 0.3) is 0 Å². The van der Waals surface area contributed by atoms with Crippen LogP contribution in [0.1, 0.15) is 24.1 Å². The van der Waals surface area contributed by atoms with E-state index in [9.17, 15) is 0 Å². The number of benzene rings is 1. The summed E-state index contributed by atoms with van der Waals surface area (Å²) in [6, 6.07) is 6.91. The van der Waals surface area contributed by atoms with Crippen molar-refractivity contribution in [2.45, 2.75) is 19.5 Å². The zero-order chi connectivity index (χ0) is 13.9. The first-order valence-corrected chi connectivity index (χ1v) is 7.67. The molecule has 110 valence electrons. The van der Waals surface area contributed by atoms with Gasteiger partial charge in [-0.1, -0.05) is 12.1 Å². The topological polar surface area (TPSA) is 27.7 Å². The van der Waals surface area contributed by atoms with Crippen molar-refractivity contribution in [2.75, 3.05) is 46.4 Å². The van der Waals surface area contributed by atoms with E-state index in [1.54, 1.807) is 0 Å². The molecule has 2 heterocycles. The van der Waals surface area contributed by atoms with Crippen LogP contribution < -0.4 is 10.1 Å². The molecular weight excluding hydrogens is 250 g/mol. The minimum Gasteiger partial charge on any atom is -0.494 e. The van der Waals surface area contributed by atoms with Gasteiger partial charge in [0.1, 0.15) is 5.75 Å². The van der Waals surface area contributed by atoms with Crippen molar-refractivity contribution in [3.05, 3.63) is 29.3 Å². The number of ether oxygens (including phenoxy) is 1. The molecule has 0 unspecified atom stereocenters. The van der Waals surface area contributed by atoms with Crippen molar-refractivity contribution in [1.82, 2.24) is 15.1 Å². The molecule has 20 heavy (non-hydrogen) atoms. The van der Waals surface area contributed by atoms with Crippen LogP contribution in [-0.4, -0.2) is 56.2 Å². The highest BCUT2D eigenvalue weighted by Gasteiger charge is 2.30. The number of rotatable bonds is 3. The van der Waals surface area contributed by atoms with Gasteiger partial charge in [0.05, 0.1) is 12.6 Å². The number of nitrogens with one attached hydrogen (secondary N) is 1. The van der Waals surface area contributed by atoms with Gasteiger partial charge in [0.25, 0.3) is 0 Å². The molecule has 1 N–H and O–H groups in total. The minimum absolute atomic E-state index is 0.454. The van der Waals surface area contributed by atoms with Gasteiger partial charge in [-0.3, -0.25) is 4.90 Å². The Morgan fingerprint density at radius 1 is 1.25 bits per heavy atom. The number of hydrogen-bond donors (Lipinski definition) is 1. The van der Waals surface area contributed by atoms with Gasteiger partial charge < -0.3 is 15.0 Å². The Balaban J connectivity index is 1.88. The summed E-state index contributed by atoms with van der Waals surface area (Å²) >= 11 is 0. The third kappa shape index (κ3) is 2.68. The summed E-state index contributed by atoms with van der Waals surface area (Å²) in [5.41, 5.74) is 2.81. The lowest BCUT2D eigenvalue weighted by molar-refractivity contribution is 0.104. The molecule has 4 nitrogen and oxygen atoms in total. The van der Waals surface area contributed by atoms with Gasteiger partial charge in [-0.05, 0) is 25.6 Å². The van der Waals surface area contributed by atoms with Gasteiger partial charge in [-0.25, -0.2) is 0 Å². The van der Waals surface area contributed by atoms with Gasteiger partial charge in [-0.15, -0.1) is 0 Å². The van der Waals surface area contributed by atoms with Crippen molar-refractivity contribution in [2.24, 2.45) is 0 Å². The number of hydrogen-bond acceptors (Lipinski definition) is 4. The second-order valence-electron chi connectivity index (χ2n) is 5.75. The van der Waals surface area contributed by atoms with Crippen molar-refractivity contribution in [3.63, 3.8) is 0 Å². The van der Waals surface area contributed by atoms with Crippen LogP contribution in [-0.2, 0) is 6.54 Å². The van der Waals surface area contributed by atoms with Crippen LogP contribution in [0.15, 0.2) is 18.2 Å². The Morgan fingerprint density at radius 3 is 2.80 bits per heavy atom. The van der Waals surface area contributed by atoms with E-state index >= 15 is 0 Å². The fraction of sp³-hybridized carbons (Fsp3) is 0.625. The summed E-state index contributed by atoms with van der Waals surface area (Å²) in [6.07, 6.45) is 0. The van der Waals surface area contributed by atoms with Crippen molar-refractivity contribution < 1.29 is 4.74 Å². The molecule has 1 saturated heterocycles. The molecule has 0 spiro atoms. The van der Waals surface area contributed by atoms with Crippen molar-refractivity contribution >= 4 is 0 Å². The average molecular weight is 275 g/mol. The van der Waals surface area contributed by atoms with E-state index in [1.807, 2.05) is 0 Å². The van der Waals surface area contributed by atoms with Gasteiger partial charge >= 0.3 is 0 Å². The monoisotopic (exact) mass is 275 g/mol. The summed E-state index contributed by atoms with van der Waals surface area (Å²) in [4.78, 5) is 5.01. The van der Waals surface area contributed by atoms with Gasteiger partial charge in [0, 0.05) is 44.8 Å². The second-order valence-corrected chi connectivity index (χ2v) is 5.75. The van der Waals surface area contributed by atoms with Gasteiger partial charge in [-0.2, -0.15) is 0 Å². The van der Waals surface area contributed by atoms with E-state index in [0.717, 1.165) is 51.6 Å². The lowest BCUT2D eigenvalue weighted by Crippen LogP contribution is -2.49. The summed E-state index contributed by atoms with van der Waals surface area (Å²) in [5.74, 6) is 1.08. The molecule has 0 aromatic heterocycles. The first kappa shape index (κ1) is 13.9. The largest absolute Gasteiger partial charge is 0.494 e. The first-order chi connectivity index (χ1) is 9.79. The van der Waals surface area contributed by atoms with Crippen LogP contribution >= 0.6 is 0 Å². The highest BCUT2D eigenvalue weighted by Crippen LogP contribution is 2.35. The Morgan fingerprint density at radius 2 is 2.05 bits per heavy atom. The maximum atomic E-state index is 5.88. The predicted molar refractivity (Wildman–Crippen MR) is 81.1 cm³/mol. The van der Waals surface area contributed by atoms with Crippen LogP contribution in [0, 0.1) is 0 Å². The fourth-order valence-corrected chi connectivity index (χ4v) is 3.29. The Hall–Kier alpha value is -1.10. The lowest BCUT2D eigenvalue weighted by Gasteiger charge is -2.41. The number of likely N-dealkylation sites (N-methyl/N-ethyl adjacent to an activating group) is 1. The number of nitrogens with zero attached hydrogens (tertiary/aromatic N) is 2. The van der Waals surface area contributed by atoms with Crippen molar-refractivity contribution in [3.8, 4) is 5.75 Å². The van der Waals surface area contributed by atoms with Crippen LogP contribution in [0.2, 0.25) is 0 Å². The molecule has 1 fully saturated rings. The molecule has 1 atom stereocenters. The van der Waals surface area contributed by atoms with Crippen LogP contribution in [0.3, 0.4) is 0 Å². The van der Waals surface area contributed by atoms with Gasteiger partial charge in [0.2, 0.25) is 0 Å². The van der Waals surface area contributed by atoms with Crippen LogP contribution in [0.4, 0.5) is 0 Å². The summed E-state index contributed by atoms with van der Waals surface area (Å²) in [6.45, 7) is 9.38. The molecule has 3 rings (SSSR count). The second kappa shape index (κ2) is 6.12. The standard InChI is InChI=1S/C16H25N3O/c1-3-20-15-6-4-5-13-11-17-12-14(16(13)15)19-9-7-18(2)8-10-19/h4-6,14,17H,3,7-12H2,1-2H3/t14-/m1/s1. The Kier molecular flexibility index (Phi) is 4.24.